The zero-order valence-corrected chi connectivity index (χ0v) is 8.90. The summed E-state index contributed by atoms with van der Waals surface area (Å²) >= 11 is 0. The largest absolute Gasteiger partial charge is 0.396 e. The normalized spacial score (nSPS) is 13.1. The number of rotatable bonds is 6. The van der Waals surface area contributed by atoms with Gasteiger partial charge in [0.15, 0.2) is 0 Å². The molecule has 0 aliphatic rings. The first-order chi connectivity index (χ1) is 6.77. The molecule has 0 amide bonds. The minimum Gasteiger partial charge on any atom is -0.396 e. The molecule has 0 aromatic carbocycles. The lowest BCUT2D eigenvalue weighted by Gasteiger charge is -2.17. The van der Waals surface area contributed by atoms with Crippen LogP contribution in [-0.2, 0) is 6.54 Å². The summed E-state index contributed by atoms with van der Waals surface area (Å²) in [6, 6.07) is 0.331. The predicted octanol–water partition coefficient (Wildman–Crippen LogP) is 0.552. The number of aliphatic hydroxyl groups is 1. The lowest BCUT2D eigenvalue weighted by atomic mass is 10.2. The average molecular weight is 197 g/mol. The first-order valence-electron chi connectivity index (χ1n) is 5.10. The molecular weight excluding hydrogens is 178 g/mol. The highest BCUT2D eigenvalue weighted by Crippen LogP contribution is 2.00. The molecule has 80 valence electrons. The van der Waals surface area contributed by atoms with Gasteiger partial charge in [-0.05, 0) is 19.9 Å². The summed E-state index contributed by atoms with van der Waals surface area (Å²) in [5.41, 5.74) is 0. The second-order valence-corrected chi connectivity index (χ2v) is 3.39. The molecule has 1 atom stereocenters. The van der Waals surface area contributed by atoms with Crippen molar-refractivity contribution >= 4 is 0 Å². The highest BCUT2D eigenvalue weighted by molar-refractivity contribution is 4.89. The summed E-state index contributed by atoms with van der Waals surface area (Å²) in [6.07, 6.45) is 4.56. The van der Waals surface area contributed by atoms with E-state index in [1.54, 1.807) is 6.20 Å². The number of nitrogens with one attached hydrogen (secondary N) is 1. The van der Waals surface area contributed by atoms with Crippen LogP contribution in [-0.4, -0.2) is 33.9 Å². The van der Waals surface area contributed by atoms with Gasteiger partial charge in [0.1, 0.15) is 5.82 Å². The highest BCUT2D eigenvalue weighted by atomic mass is 16.3. The fourth-order valence-electron chi connectivity index (χ4n) is 1.54. The molecule has 0 aliphatic heterocycles. The van der Waals surface area contributed by atoms with Crippen molar-refractivity contribution in [2.75, 3.05) is 13.2 Å². The van der Waals surface area contributed by atoms with E-state index < -0.39 is 0 Å². The number of aryl methyl sites for hydroxylation is 1. The lowest BCUT2D eigenvalue weighted by Crippen LogP contribution is -2.34. The van der Waals surface area contributed by atoms with E-state index in [-0.39, 0.29) is 6.61 Å². The summed E-state index contributed by atoms with van der Waals surface area (Å²) in [5.74, 6) is 1.02. The molecule has 1 aromatic rings. The van der Waals surface area contributed by atoms with Gasteiger partial charge in [-0.1, -0.05) is 6.92 Å². The van der Waals surface area contributed by atoms with Crippen molar-refractivity contribution in [1.29, 1.82) is 0 Å². The van der Waals surface area contributed by atoms with Gasteiger partial charge in [0.25, 0.3) is 0 Å². The average Bonchev–Trinajstić information content (AvgIpc) is 2.53. The van der Waals surface area contributed by atoms with E-state index in [2.05, 4.69) is 21.8 Å². The Morgan fingerprint density at radius 1 is 1.64 bits per heavy atom. The molecule has 0 saturated heterocycles. The second-order valence-electron chi connectivity index (χ2n) is 3.39. The Hall–Kier alpha value is -0.870. The standard InChI is InChI=1S/C10H19N3O/c1-3-11-10(4-7-14)8-13-6-5-12-9(13)2/h5-6,10-11,14H,3-4,7-8H2,1-2H3. The molecule has 14 heavy (non-hydrogen) atoms. The zero-order chi connectivity index (χ0) is 10.4. The van der Waals surface area contributed by atoms with E-state index in [1.807, 2.05) is 13.1 Å². The molecular formula is C10H19N3O. The van der Waals surface area contributed by atoms with Crippen molar-refractivity contribution in [3.05, 3.63) is 18.2 Å². The molecule has 4 nitrogen and oxygen atoms in total. The maximum atomic E-state index is 8.90. The number of likely N-dealkylation sites (N-methyl/N-ethyl adjacent to an activating group) is 1. The van der Waals surface area contributed by atoms with Crippen LogP contribution in [0, 0.1) is 6.92 Å². The molecule has 0 radical (unpaired) electrons. The van der Waals surface area contributed by atoms with Crippen molar-refractivity contribution < 1.29 is 5.11 Å². The molecule has 1 aromatic heterocycles. The van der Waals surface area contributed by atoms with Crippen LogP contribution in [0.15, 0.2) is 12.4 Å². The third-order valence-electron chi connectivity index (χ3n) is 2.31. The van der Waals surface area contributed by atoms with Crippen LogP contribution in [0.5, 0.6) is 0 Å². The summed E-state index contributed by atoms with van der Waals surface area (Å²) in [6.45, 7) is 6.09. The summed E-state index contributed by atoms with van der Waals surface area (Å²) in [5, 5.41) is 12.2. The SMILES string of the molecule is CCNC(CCO)Cn1ccnc1C. The number of imidazole rings is 1. The Labute approximate surface area is 85.0 Å². The van der Waals surface area contributed by atoms with E-state index in [0.29, 0.717) is 6.04 Å². The van der Waals surface area contributed by atoms with Crippen LogP contribution in [0.3, 0.4) is 0 Å². The van der Waals surface area contributed by atoms with E-state index in [9.17, 15) is 0 Å². The smallest absolute Gasteiger partial charge is 0.105 e. The van der Waals surface area contributed by atoms with Crippen LogP contribution in [0.4, 0.5) is 0 Å². The van der Waals surface area contributed by atoms with Crippen LogP contribution < -0.4 is 5.32 Å². The van der Waals surface area contributed by atoms with E-state index in [0.717, 1.165) is 25.3 Å². The lowest BCUT2D eigenvalue weighted by molar-refractivity contribution is 0.257. The molecule has 0 spiro atoms. The Morgan fingerprint density at radius 3 is 2.93 bits per heavy atom. The van der Waals surface area contributed by atoms with Crippen molar-refractivity contribution in [2.45, 2.75) is 32.9 Å². The van der Waals surface area contributed by atoms with Crippen molar-refractivity contribution in [3.8, 4) is 0 Å². The van der Waals surface area contributed by atoms with E-state index in [4.69, 9.17) is 5.11 Å². The monoisotopic (exact) mass is 197 g/mol. The first-order valence-corrected chi connectivity index (χ1v) is 5.10. The van der Waals surface area contributed by atoms with Gasteiger partial charge in [-0.3, -0.25) is 0 Å². The van der Waals surface area contributed by atoms with Gasteiger partial charge in [0.2, 0.25) is 0 Å². The van der Waals surface area contributed by atoms with E-state index in [1.165, 1.54) is 0 Å². The van der Waals surface area contributed by atoms with Crippen molar-refractivity contribution in [3.63, 3.8) is 0 Å². The molecule has 4 heteroatoms. The number of hydrogen-bond acceptors (Lipinski definition) is 3. The van der Waals surface area contributed by atoms with Gasteiger partial charge < -0.3 is 15.0 Å². The van der Waals surface area contributed by atoms with Gasteiger partial charge in [-0.2, -0.15) is 0 Å². The van der Waals surface area contributed by atoms with Crippen molar-refractivity contribution in [1.82, 2.24) is 14.9 Å². The molecule has 1 heterocycles. The molecule has 1 unspecified atom stereocenters. The Kier molecular flexibility index (Phi) is 4.62. The third kappa shape index (κ3) is 3.12. The molecule has 0 saturated carbocycles. The number of aliphatic hydroxyl groups excluding tert-OH is 1. The maximum absolute atomic E-state index is 8.90. The molecule has 0 fully saturated rings. The molecule has 0 bridgehead atoms. The van der Waals surface area contributed by atoms with Crippen LogP contribution in [0.2, 0.25) is 0 Å². The zero-order valence-electron chi connectivity index (χ0n) is 8.90. The Morgan fingerprint density at radius 2 is 2.43 bits per heavy atom. The summed E-state index contributed by atoms with van der Waals surface area (Å²) < 4.78 is 2.10. The van der Waals surface area contributed by atoms with Crippen molar-refractivity contribution in [2.24, 2.45) is 0 Å². The number of nitrogens with zero attached hydrogens (tertiary/aromatic N) is 2. The van der Waals surface area contributed by atoms with Gasteiger partial charge in [0.05, 0.1) is 0 Å². The van der Waals surface area contributed by atoms with E-state index >= 15 is 0 Å². The minimum absolute atomic E-state index is 0.228. The van der Waals surface area contributed by atoms with Crippen LogP contribution >= 0.6 is 0 Å². The molecule has 0 aliphatic carbocycles. The minimum atomic E-state index is 0.228. The summed E-state index contributed by atoms with van der Waals surface area (Å²) in [7, 11) is 0. The van der Waals surface area contributed by atoms with Gasteiger partial charge >= 0.3 is 0 Å². The second kappa shape index (κ2) is 5.78. The number of aromatic nitrogens is 2. The predicted molar refractivity (Wildman–Crippen MR) is 56.1 cm³/mol. The maximum Gasteiger partial charge on any atom is 0.105 e. The van der Waals surface area contributed by atoms with Crippen LogP contribution in [0.1, 0.15) is 19.2 Å². The summed E-state index contributed by atoms with van der Waals surface area (Å²) in [4.78, 5) is 4.16. The topological polar surface area (TPSA) is 50.1 Å². The fraction of sp³-hybridized carbons (Fsp3) is 0.700. The van der Waals surface area contributed by atoms with Gasteiger partial charge in [0, 0.05) is 31.6 Å². The first kappa shape index (κ1) is 11.2. The Balaban J connectivity index is 2.50. The number of hydrogen-bond donors (Lipinski definition) is 2. The van der Waals surface area contributed by atoms with Gasteiger partial charge in [-0.25, -0.2) is 4.98 Å². The Bertz CT molecular complexity index is 254. The van der Waals surface area contributed by atoms with Crippen LogP contribution in [0.25, 0.3) is 0 Å². The quantitative estimate of drug-likeness (QED) is 0.700. The molecule has 1 rings (SSSR count). The van der Waals surface area contributed by atoms with Gasteiger partial charge in [-0.15, -0.1) is 0 Å². The molecule has 2 N–H and O–H groups in total. The fourth-order valence-corrected chi connectivity index (χ4v) is 1.54. The highest BCUT2D eigenvalue weighted by Gasteiger charge is 2.08. The third-order valence-corrected chi connectivity index (χ3v) is 2.31.